The fourth-order valence-electron chi connectivity index (χ4n) is 7.17. The number of rotatable bonds is 12. The van der Waals surface area contributed by atoms with Gasteiger partial charge in [0.05, 0.1) is 19.8 Å². The lowest BCUT2D eigenvalue weighted by molar-refractivity contribution is -0.139. The van der Waals surface area contributed by atoms with E-state index in [0.29, 0.717) is 47.0 Å². The van der Waals surface area contributed by atoms with Gasteiger partial charge in [0.15, 0.2) is 0 Å². The van der Waals surface area contributed by atoms with Crippen LogP contribution in [0.3, 0.4) is 0 Å². The maximum atomic E-state index is 11.7. The number of phenolic OH excluding ortho intramolecular Hbond substituents is 2. The molecule has 2 N–H and O–H groups in total. The quantitative estimate of drug-likeness (QED) is 0.0928. The van der Waals surface area contributed by atoms with Crippen molar-refractivity contribution in [1.29, 1.82) is 0 Å². The van der Waals surface area contributed by atoms with Crippen LogP contribution in [-0.4, -0.2) is 70.1 Å². The number of hydrogen-bond donors (Lipinski definition) is 2. The van der Waals surface area contributed by atoms with Crippen molar-refractivity contribution in [3.8, 4) is 28.6 Å². The summed E-state index contributed by atoms with van der Waals surface area (Å²) in [5.41, 5.74) is 9.41. The maximum Gasteiger partial charge on any atom is 0.333 e. The lowest BCUT2D eigenvalue weighted by Crippen LogP contribution is -2.14. The summed E-state index contributed by atoms with van der Waals surface area (Å²) >= 11 is 6.11. The minimum atomic E-state index is -0.395. The lowest BCUT2D eigenvalue weighted by atomic mass is 9.84. The van der Waals surface area contributed by atoms with Crippen LogP contribution < -0.4 is 4.74 Å². The first-order chi connectivity index (χ1) is 28.2. The SMILES string of the molecule is C=C(C)C(=O)OCCc1cc(-n2n3c4ccc(Cl)cc4n23)c(O)c(C(C)(C)C)c1.C=C(C)C(=O)OCCc1cc(-n2n3c4ccc(OCC)cc4n23)c(O)c(C(C)(C)C)c1. The number of esters is 2. The molecule has 8 aromatic rings. The van der Waals surface area contributed by atoms with E-state index < -0.39 is 11.9 Å². The second-order valence-electron chi connectivity index (χ2n) is 17.3. The van der Waals surface area contributed by atoms with Crippen LogP contribution in [0.4, 0.5) is 0 Å². The van der Waals surface area contributed by atoms with Crippen LogP contribution in [-0.2, 0) is 42.7 Å². The molecule has 0 bridgehead atoms. The molecule has 0 saturated heterocycles. The Morgan fingerprint density at radius 2 is 1.05 bits per heavy atom. The molecule has 4 aromatic carbocycles. The highest BCUT2D eigenvalue weighted by Gasteiger charge is 2.31. The molecule has 0 aliphatic heterocycles. The van der Waals surface area contributed by atoms with Gasteiger partial charge in [-0.25, -0.2) is 9.59 Å². The van der Waals surface area contributed by atoms with Crippen LogP contribution in [0.25, 0.3) is 33.4 Å². The molecule has 316 valence electrons. The van der Waals surface area contributed by atoms with Crippen LogP contribution in [0, 0.1) is 0 Å². The average molecular weight is 837 g/mol. The van der Waals surface area contributed by atoms with Crippen LogP contribution in [0.2, 0.25) is 5.02 Å². The van der Waals surface area contributed by atoms with E-state index in [-0.39, 0.29) is 35.5 Å². The van der Waals surface area contributed by atoms with Crippen molar-refractivity contribution in [2.75, 3.05) is 19.8 Å². The molecular weight excluding hydrogens is 784 g/mol. The lowest BCUT2D eigenvalue weighted by Gasteiger charge is -2.22. The zero-order chi connectivity index (χ0) is 43.6. The number of fused-ring (bicyclic) bond motifs is 8. The van der Waals surface area contributed by atoms with Crippen molar-refractivity contribution in [2.45, 2.75) is 86.0 Å². The van der Waals surface area contributed by atoms with Gasteiger partial charge in [0.1, 0.15) is 50.7 Å². The average Bonchev–Trinajstić information content (AvgIpc) is 4.04. The standard InChI is InChI=1S/C24H29N3O4.C22H24ClN3O3/c1-7-30-17-8-9-19-20(14-17)26-25(19)27(26)21-13-16(10-11-31-23(29)15(2)3)12-18(22(21)28)24(4,5)6;1-13(2)21(28)29-9-8-14-10-16(22(3,4)5)20(27)19(11-14)26-24-17-7-6-15(23)12-18(17)25(24)26/h8-9,12-14,28H,2,7,10-11H2,1,3-6H3;6-7,10-12,27H,1,8-9H2,2-5H3. The number of ether oxygens (including phenoxy) is 3. The van der Waals surface area contributed by atoms with Gasteiger partial charge in [-0.2, -0.15) is 0 Å². The summed E-state index contributed by atoms with van der Waals surface area (Å²) in [6.45, 7) is 25.9. The Labute approximate surface area is 353 Å². The largest absolute Gasteiger partial charge is 0.505 e. The summed E-state index contributed by atoms with van der Waals surface area (Å²) in [7, 11) is 0. The molecule has 0 amide bonds. The molecule has 0 spiro atoms. The summed E-state index contributed by atoms with van der Waals surface area (Å²) < 4.78 is 24.0. The van der Waals surface area contributed by atoms with Crippen molar-refractivity contribution in [3.05, 3.63) is 112 Å². The first-order valence-corrected chi connectivity index (χ1v) is 20.3. The molecule has 0 atom stereocenters. The number of nitrogens with zero attached hydrogens (tertiary/aromatic N) is 6. The smallest absolute Gasteiger partial charge is 0.333 e. The normalized spacial score (nSPS) is 12.2. The third-order valence-corrected chi connectivity index (χ3v) is 10.6. The Morgan fingerprint density at radius 3 is 1.47 bits per heavy atom. The first-order valence-electron chi connectivity index (χ1n) is 20.0. The van der Waals surface area contributed by atoms with Crippen LogP contribution in [0.1, 0.15) is 84.6 Å². The van der Waals surface area contributed by atoms with Gasteiger partial charge in [0.25, 0.3) is 0 Å². The van der Waals surface area contributed by atoms with E-state index in [1.54, 1.807) is 13.8 Å². The molecule has 13 nitrogen and oxygen atoms in total. The molecule has 8 rings (SSSR count). The van der Waals surface area contributed by atoms with Crippen molar-refractivity contribution in [2.24, 2.45) is 0 Å². The van der Waals surface area contributed by atoms with Gasteiger partial charge in [-0.3, -0.25) is 0 Å². The number of carbonyl (C=O) groups excluding carboxylic acids is 2. The van der Waals surface area contributed by atoms with Crippen molar-refractivity contribution in [1.82, 2.24) is 28.1 Å². The minimum absolute atomic E-state index is 0.242. The van der Waals surface area contributed by atoms with Crippen molar-refractivity contribution < 1.29 is 34.0 Å². The molecule has 4 aromatic heterocycles. The van der Waals surface area contributed by atoms with Gasteiger partial charge >= 0.3 is 11.9 Å². The van der Waals surface area contributed by atoms with Gasteiger partial charge in [0, 0.05) is 46.2 Å². The molecule has 0 unspecified atom stereocenters. The number of halogens is 1. The topological polar surface area (TPSA) is 130 Å². The van der Waals surface area contributed by atoms with E-state index >= 15 is 0 Å². The van der Waals surface area contributed by atoms with E-state index in [9.17, 15) is 19.8 Å². The van der Waals surface area contributed by atoms with Gasteiger partial charge in [0.2, 0.25) is 0 Å². The van der Waals surface area contributed by atoms with Gasteiger partial charge in [-0.15, -0.1) is 28.1 Å². The third-order valence-electron chi connectivity index (χ3n) is 10.4. The van der Waals surface area contributed by atoms with E-state index in [2.05, 4.69) is 54.7 Å². The Hall–Kier alpha value is -6.21. The van der Waals surface area contributed by atoms with Crippen LogP contribution >= 0.6 is 11.6 Å². The van der Waals surface area contributed by atoms with Crippen LogP contribution in [0.5, 0.6) is 17.2 Å². The summed E-state index contributed by atoms with van der Waals surface area (Å²) in [4.78, 5) is 27.2. The maximum absolute atomic E-state index is 11.7. The highest BCUT2D eigenvalue weighted by molar-refractivity contribution is 6.31. The predicted octanol–water partition coefficient (Wildman–Crippen LogP) is 9.22. The monoisotopic (exact) mass is 836 g/mol. The highest BCUT2D eigenvalue weighted by Crippen LogP contribution is 2.41. The number of carbonyl (C=O) groups is 2. The Morgan fingerprint density at radius 1 is 0.633 bits per heavy atom. The second kappa shape index (κ2) is 15.4. The molecule has 0 aliphatic rings. The van der Waals surface area contributed by atoms with Gasteiger partial charge in [-0.1, -0.05) is 78.4 Å². The van der Waals surface area contributed by atoms with E-state index in [0.717, 1.165) is 50.1 Å². The number of aromatic nitrogens is 6. The van der Waals surface area contributed by atoms with Gasteiger partial charge in [-0.05, 0) is 85.2 Å². The predicted molar refractivity (Wildman–Crippen MR) is 234 cm³/mol. The zero-order valence-corrected chi connectivity index (χ0v) is 36.5. The first kappa shape index (κ1) is 41.9. The van der Waals surface area contributed by atoms with E-state index in [4.69, 9.17) is 25.8 Å². The number of benzene rings is 4. The van der Waals surface area contributed by atoms with Crippen LogP contribution in [0.15, 0.2) is 85.0 Å². The number of phenols is 2. The van der Waals surface area contributed by atoms with Crippen molar-refractivity contribution >= 4 is 45.6 Å². The molecule has 0 fully saturated rings. The fourth-order valence-corrected chi connectivity index (χ4v) is 7.33. The number of aromatic hydroxyl groups is 2. The fraction of sp³-hybridized carbons (Fsp3) is 0.348. The molecule has 0 aliphatic carbocycles. The molecule has 14 heteroatoms. The second-order valence-corrected chi connectivity index (χ2v) is 17.7. The van der Waals surface area contributed by atoms with Gasteiger partial charge < -0.3 is 24.4 Å². The summed E-state index contributed by atoms with van der Waals surface area (Å²) in [6.07, 6.45) is 1.09. The molecule has 60 heavy (non-hydrogen) atoms. The molecular formula is C46H53ClN6O7. The summed E-state index contributed by atoms with van der Waals surface area (Å²) in [5, 5.41) is 22.8. The van der Waals surface area contributed by atoms with Crippen molar-refractivity contribution in [3.63, 3.8) is 0 Å². The highest BCUT2D eigenvalue weighted by atomic mass is 35.5. The van der Waals surface area contributed by atoms with E-state index in [1.165, 1.54) is 0 Å². The Bertz CT molecular complexity index is 2900. The summed E-state index contributed by atoms with van der Waals surface area (Å²) in [5.74, 6) is 0.526. The minimum Gasteiger partial charge on any atom is -0.505 e. The number of hydrogen-bond acceptors (Lipinski definition) is 7. The summed E-state index contributed by atoms with van der Waals surface area (Å²) in [6, 6.07) is 19.5. The van der Waals surface area contributed by atoms with E-state index in [1.807, 2.05) is 95.7 Å². The molecule has 0 saturated carbocycles. The Balaban J connectivity index is 0.000000182. The Kier molecular flexibility index (Phi) is 10.8. The molecule has 4 heterocycles. The third kappa shape index (κ3) is 7.81. The zero-order valence-electron chi connectivity index (χ0n) is 35.7. The molecule has 0 radical (unpaired) electrons.